The number of rotatable bonds is 6. The molecule has 2 aromatic rings. The summed E-state index contributed by atoms with van der Waals surface area (Å²) in [4.78, 5) is 14.5. The Kier molecular flexibility index (Phi) is 5.25. The number of likely N-dealkylation sites (tertiary alicyclic amines) is 1. The van der Waals surface area contributed by atoms with Gasteiger partial charge in [-0.3, -0.25) is 4.90 Å². The summed E-state index contributed by atoms with van der Waals surface area (Å²) in [6.45, 7) is 5.22. The number of carbonyl (C=O) groups excluding carboxylic acids is 1. The Morgan fingerprint density at radius 2 is 2.04 bits per heavy atom. The molecule has 1 saturated heterocycles. The van der Waals surface area contributed by atoms with E-state index >= 15 is 0 Å². The molecule has 24 heavy (non-hydrogen) atoms. The highest BCUT2D eigenvalue weighted by Gasteiger charge is 2.25. The van der Waals surface area contributed by atoms with Gasteiger partial charge in [0.05, 0.1) is 18.8 Å². The molecular weight excluding hydrogens is 304 g/mol. The Morgan fingerprint density at radius 1 is 1.25 bits per heavy atom. The van der Waals surface area contributed by atoms with E-state index in [1.54, 1.807) is 6.26 Å². The van der Waals surface area contributed by atoms with E-state index in [1.165, 1.54) is 18.5 Å². The van der Waals surface area contributed by atoms with E-state index in [1.807, 2.05) is 32.2 Å². The van der Waals surface area contributed by atoms with Crippen LogP contribution in [0.2, 0.25) is 0 Å². The average Bonchev–Trinajstić information content (AvgIpc) is 3.32. The minimum atomic E-state index is -0.149. The van der Waals surface area contributed by atoms with E-state index < -0.39 is 0 Å². The first-order valence-corrected chi connectivity index (χ1v) is 8.55. The molecule has 1 unspecified atom stereocenters. The van der Waals surface area contributed by atoms with Gasteiger partial charge in [0.15, 0.2) is 0 Å². The Morgan fingerprint density at radius 3 is 2.67 bits per heavy atom. The van der Waals surface area contributed by atoms with E-state index in [9.17, 15) is 4.79 Å². The summed E-state index contributed by atoms with van der Waals surface area (Å²) >= 11 is 0. The van der Waals surface area contributed by atoms with Crippen LogP contribution in [0.15, 0.2) is 34.9 Å². The molecule has 0 saturated carbocycles. The van der Waals surface area contributed by atoms with Gasteiger partial charge in [-0.25, -0.2) is 4.79 Å². The van der Waals surface area contributed by atoms with Crippen molar-refractivity contribution in [2.75, 3.05) is 19.6 Å². The van der Waals surface area contributed by atoms with Gasteiger partial charge in [0.1, 0.15) is 5.76 Å². The number of urea groups is 1. The molecule has 1 fully saturated rings. The zero-order valence-corrected chi connectivity index (χ0v) is 14.4. The van der Waals surface area contributed by atoms with Gasteiger partial charge in [0.2, 0.25) is 0 Å². The quantitative estimate of drug-likeness (QED) is 0.856. The number of amides is 2. The minimum Gasteiger partial charge on any atom is -0.468 e. The summed E-state index contributed by atoms with van der Waals surface area (Å²) in [7, 11) is 2.00. The van der Waals surface area contributed by atoms with Crippen molar-refractivity contribution in [1.82, 2.24) is 20.1 Å². The molecule has 1 atom stereocenters. The average molecular weight is 330 g/mol. The first-order valence-electron chi connectivity index (χ1n) is 8.55. The number of furan rings is 1. The molecule has 0 radical (unpaired) electrons. The van der Waals surface area contributed by atoms with Gasteiger partial charge < -0.3 is 19.6 Å². The molecule has 1 aliphatic heterocycles. The second-order valence-electron chi connectivity index (χ2n) is 6.36. The topological polar surface area (TPSA) is 62.4 Å². The van der Waals surface area contributed by atoms with Crippen LogP contribution >= 0.6 is 0 Å². The van der Waals surface area contributed by atoms with Crippen LogP contribution in [0.3, 0.4) is 0 Å². The Bertz CT molecular complexity index is 657. The third-order valence-electron chi connectivity index (χ3n) is 4.82. The Labute approximate surface area is 142 Å². The number of nitrogens with one attached hydrogen (secondary N) is 2. The molecule has 1 aliphatic rings. The second kappa shape index (κ2) is 7.57. The van der Waals surface area contributed by atoms with Crippen molar-refractivity contribution >= 4 is 6.03 Å². The lowest BCUT2D eigenvalue weighted by Crippen LogP contribution is -2.41. The first kappa shape index (κ1) is 16.6. The van der Waals surface area contributed by atoms with E-state index in [4.69, 9.17) is 4.42 Å². The number of hydrogen-bond acceptors (Lipinski definition) is 3. The summed E-state index contributed by atoms with van der Waals surface area (Å²) in [6, 6.07) is 7.92. The number of carbonyl (C=O) groups is 1. The molecule has 2 N–H and O–H groups in total. The Balaban J connectivity index is 1.52. The molecule has 0 aromatic carbocycles. The van der Waals surface area contributed by atoms with Gasteiger partial charge >= 0.3 is 6.03 Å². The van der Waals surface area contributed by atoms with Crippen molar-refractivity contribution < 1.29 is 9.21 Å². The van der Waals surface area contributed by atoms with Gasteiger partial charge in [-0.2, -0.15) is 0 Å². The monoisotopic (exact) mass is 330 g/mol. The van der Waals surface area contributed by atoms with E-state index in [2.05, 4.69) is 26.2 Å². The number of aryl methyl sites for hydroxylation is 1. The molecule has 130 valence electrons. The standard InChI is InChI=1S/C18H26N4O2/c1-14-7-8-15(21(14)2)12-19-18(23)20-13-16(17-6-5-11-24-17)22-9-3-4-10-22/h5-8,11,16H,3-4,9-10,12-13H2,1-2H3,(H2,19,20,23). The largest absolute Gasteiger partial charge is 0.468 e. The van der Waals surface area contributed by atoms with Crippen LogP contribution in [-0.2, 0) is 13.6 Å². The van der Waals surface area contributed by atoms with Gasteiger partial charge in [0.25, 0.3) is 0 Å². The van der Waals surface area contributed by atoms with Crippen molar-refractivity contribution in [3.8, 4) is 0 Å². The maximum atomic E-state index is 12.1. The Hall–Kier alpha value is -2.21. The van der Waals surface area contributed by atoms with Crippen LogP contribution < -0.4 is 10.6 Å². The van der Waals surface area contributed by atoms with E-state index in [-0.39, 0.29) is 12.1 Å². The maximum Gasteiger partial charge on any atom is 0.315 e. The van der Waals surface area contributed by atoms with Crippen molar-refractivity contribution in [3.63, 3.8) is 0 Å². The highest BCUT2D eigenvalue weighted by atomic mass is 16.3. The van der Waals surface area contributed by atoms with Crippen LogP contribution in [-0.4, -0.2) is 35.1 Å². The summed E-state index contributed by atoms with van der Waals surface area (Å²) in [5.74, 6) is 0.912. The third-order valence-corrected chi connectivity index (χ3v) is 4.82. The van der Waals surface area contributed by atoms with Gasteiger partial charge in [-0.1, -0.05) is 0 Å². The lowest BCUT2D eigenvalue weighted by Gasteiger charge is -2.26. The zero-order chi connectivity index (χ0) is 16.9. The lowest BCUT2D eigenvalue weighted by atomic mass is 10.2. The van der Waals surface area contributed by atoms with Crippen LogP contribution in [0.1, 0.15) is 36.0 Å². The first-order chi connectivity index (χ1) is 11.6. The number of hydrogen-bond donors (Lipinski definition) is 2. The van der Waals surface area contributed by atoms with Crippen LogP contribution in [0.5, 0.6) is 0 Å². The van der Waals surface area contributed by atoms with Gasteiger partial charge in [-0.15, -0.1) is 0 Å². The fraction of sp³-hybridized carbons (Fsp3) is 0.500. The summed E-state index contributed by atoms with van der Waals surface area (Å²) < 4.78 is 7.65. The second-order valence-corrected chi connectivity index (χ2v) is 6.36. The zero-order valence-electron chi connectivity index (χ0n) is 14.4. The highest BCUT2D eigenvalue weighted by Crippen LogP contribution is 2.24. The molecule has 6 nitrogen and oxygen atoms in total. The van der Waals surface area contributed by atoms with E-state index in [0.29, 0.717) is 13.1 Å². The highest BCUT2D eigenvalue weighted by molar-refractivity contribution is 5.73. The van der Waals surface area contributed by atoms with Crippen LogP contribution in [0, 0.1) is 6.92 Å². The normalized spacial score (nSPS) is 16.2. The van der Waals surface area contributed by atoms with Crippen molar-refractivity contribution in [3.05, 3.63) is 47.7 Å². The molecule has 0 bridgehead atoms. The summed E-state index contributed by atoms with van der Waals surface area (Å²) in [6.07, 6.45) is 4.10. The molecule has 0 spiro atoms. The molecule has 2 amide bonds. The smallest absolute Gasteiger partial charge is 0.315 e. The SMILES string of the molecule is Cc1ccc(CNC(=O)NCC(c2ccco2)N2CCCC2)n1C. The van der Waals surface area contributed by atoms with Crippen molar-refractivity contribution in [2.24, 2.45) is 7.05 Å². The van der Waals surface area contributed by atoms with E-state index in [0.717, 1.165) is 24.5 Å². The van der Waals surface area contributed by atoms with Crippen LogP contribution in [0.4, 0.5) is 4.79 Å². The number of aromatic nitrogens is 1. The fourth-order valence-electron chi connectivity index (χ4n) is 3.21. The molecule has 3 heterocycles. The lowest BCUT2D eigenvalue weighted by molar-refractivity contribution is 0.203. The molecule has 6 heteroatoms. The van der Waals surface area contributed by atoms with Crippen molar-refractivity contribution in [1.29, 1.82) is 0 Å². The molecule has 2 aromatic heterocycles. The van der Waals surface area contributed by atoms with Crippen molar-refractivity contribution in [2.45, 2.75) is 32.4 Å². The maximum absolute atomic E-state index is 12.1. The van der Waals surface area contributed by atoms with Crippen LogP contribution in [0.25, 0.3) is 0 Å². The third kappa shape index (κ3) is 3.82. The predicted octanol–water partition coefficient (Wildman–Crippen LogP) is 2.56. The number of nitrogens with zero attached hydrogens (tertiary/aromatic N) is 2. The molecular formula is C18H26N4O2. The predicted molar refractivity (Wildman–Crippen MR) is 92.6 cm³/mol. The minimum absolute atomic E-state index is 0.102. The molecule has 0 aliphatic carbocycles. The van der Waals surface area contributed by atoms with Gasteiger partial charge in [0, 0.05) is 25.0 Å². The summed E-state index contributed by atoms with van der Waals surface area (Å²) in [5, 5.41) is 5.91. The van der Waals surface area contributed by atoms with Gasteiger partial charge in [-0.05, 0) is 57.1 Å². The molecule has 3 rings (SSSR count). The summed E-state index contributed by atoms with van der Waals surface area (Å²) in [5.41, 5.74) is 2.27. The fourth-order valence-corrected chi connectivity index (χ4v) is 3.21.